The largest absolute Gasteiger partial charge is 0.509 e. The molecule has 7 heteroatoms. The van der Waals surface area contributed by atoms with Crippen LogP contribution in [0.15, 0.2) is 48.8 Å². The molecule has 1 saturated carbocycles. The van der Waals surface area contributed by atoms with Gasteiger partial charge in [0.15, 0.2) is 0 Å². The van der Waals surface area contributed by atoms with Crippen molar-refractivity contribution in [3.63, 3.8) is 0 Å². The van der Waals surface area contributed by atoms with E-state index in [4.69, 9.17) is 14.2 Å². The maximum Gasteiger partial charge on any atom is 0.509 e. The Balaban J connectivity index is 1.72. The number of rotatable bonds is 3. The number of ether oxygens (including phenoxy) is 3. The van der Waals surface area contributed by atoms with Crippen LogP contribution in [0, 0.1) is 11.8 Å². The number of aliphatic hydroxyl groups excluding tert-OH is 1. The van der Waals surface area contributed by atoms with Gasteiger partial charge in [-0.25, -0.2) is 9.59 Å². The number of aromatic nitrogens is 1. The SMILES string of the molecule is C[C@H]1CCC/C=C/[C@@H]2C[C@H](O)C[C@H]2[C@H](OC(=O)OCc2cccnc2)/C=C/C(=O)O1. The second-order valence-corrected chi connectivity index (χ2v) is 7.90. The molecule has 1 aliphatic heterocycles. The standard InChI is InChI=1S/C23H29NO6/c1-16-6-3-2-4-8-18-12-19(25)13-20(18)21(9-10-22(26)29-16)30-23(27)28-15-17-7-5-11-24-14-17/h4-5,7-11,14,16,18-21,25H,2-3,6,12-13,15H2,1H3/b8-4+,10-9+/t16-,18+,19-,20+,21+/m0/s1. The van der Waals surface area contributed by atoms with Crippen LogP contribution in [0.25, 0.3) is 0 Å². The average Bonchev–Trinajstić information content (AvgIpc) is 3.10. The van der Waals surface area contributed by atoms with E-state index in [1.807, 2.05) is 6.92 Å². The van der Waals surface area contributed by atoms with E-state index in [1.165, 1.54) is 6.08 Å². The monoisotopic (exact) mass is 415 g/mol. The number of aliphatic hydroxyl groups is 1. The number of fused-ring (bicyclic) bond motifs is 1. The van der Waals surface area contributed by atoms with Crippen molar-refractivity contribution in [3.8, 4) is 0 Å². The Bertz CT molecular complexity index is 762. The molecular formula is C23H29NO6. The van der Waals surface area contributed by atoms with Crippen molar-refractivity contribution >= 4 is 12.1 Å². The first-order valence-corrected chi connectivity index (χ1v) is 10.5. The molecule has 7 nitrogen and oxygen atoms in total. The van der Waals surface area contributed by atoms with Crippen LogP contribution in [0.2, 0.25) is 0 Å². The maximum atomic E-state index is 12.3. The molecule has 1 N–H and O–H groups in total. The molecule has 30 heavy (non-hydrogen) atoms. The highest BCUT2D eigenvalue weighted by Gasteiger charge is 2.38. The third-order valence-electron chi connectivity index (χ3n) is 5.48. The van der Waals surface area contributed by atoms with Crippen molar-refractivity contribution in [2.75, 3.05) is 0 Å². The van der Waals surface area contributed by atoms with Crippen LogP contribution in [0.1, 0.15) is 44.6 Å². The van der Waals surface area contributed by atoms with Crippen molar-refractivity contribution in [2.24, 2.45) is 11.8 Å². The Morgan fingerprint density at radius 3 is 3.00 bits per heavy atom. The quantitative estimate of drug-likeness (QED) is 0.594. The lowest BCUT2D eigenvalue weighted by atomic mass is 9.89. The third kappa shape index (κ3) is 6.69. The summed E-state index contributed by atoms with van der Waals surface area (Å²) in [5, 5.41) is 10.2. The predicted octanol–water partition coefficient (Wildman–Crippen LogP) is 3.72. The first kappa shape index (κ1) is 22.0. The normalized spacial score (nSPS) is 31.8. The number of carbonyl (C=O) groups excluding carboxylic acids is 2. The first-order chi connectivity index (χ1) is 14.5. The van der Waals surface area contributed by atoms with Crippen LogP contribution in [-0.4, -0.2) is 40.5 Å². The molecule has 1 aromatic heterocycles. The van der Waals surface area contributed by atoms with Gasteiger partial charge < -0.3 is 19.3 Å². The number of hydrogen-bond donors (Lipinski definition) is 1. The first-order valence-electron chi connectivity index (χ1n) is 10.5. The van der Waals surface area contributed by atoms with E-state index in [0.29, 0.717) is 12.8 Å². The van der Waals surface area contributed by atoms with E-state index in [1.54, 1.807) is 30.6 Å². The lowest BCUT2D eigenvalue weighted by Gasteiger charge is -2.24. The molecule has 5 atom stereocenters. The fraction of sp³-hybridized carbons (Fsp3) is 0.522. The summed E-state index contributed by atoms with van der Waals surface area (Å²) in [6.07, 6.45) is 11.7. The van der Waals surface area contributed by atoms with E-state index < -0.39 is 24.3 Å². The third-order valence-corrected chi connectivity index (χ3v) is 5.48. The minimum Gasteiger partial charge on any atom is -0.460 e. The molecule has 0 amide bonds. The van der Waals surface area contributed by atoms with Crippen LogP contribution in [0.4, 0.5) is 4.79 Å². The molecule has 2 aliphatic rings. The van der Waals surface area contributed by atoms with Crippen LogP contribution in [-0.2, 0) is 25.6 Å². The number of esters is 1. The van der Waals surface area contributed by atoms with Crippen molar-refractivity contribution in [1.29, 1.82) is 0 Å². The molecule has 0 unspecified atom stereocenters. The molecule has 0 bridgehead atoms. The summed E-state index contributed by atoms with van der Waals surface area (Å²) < 4.78 is 16.2. The van der Waals surface area contributed by atoms with E-state index in [0.717, 1.165) is 24.8 Å². The number of hydrogen-bond acceptors (Lipinski definition) is 7. The van der Waals surface area contributed by atoms with Gasteiger partial charge in [-0.3, -0.25) is 4.98 Å². The molecule has 0 radical (unpaired) electrons. The van der Waals surface area contributed by atoms with Gasteiger partial charge in [-0.2, -0.15) is 0 Å². The Morgan fingerprint density at radius 2 is 2.20 bits per heavy atom. The number of nitrogens with zero attached hydrogens (tertiary/aromatic N) is 1. The summed E-state index contributed by atoms with van der Waals surface area (Å²) in [7, 11) is 0. The van der Waals surface area contributed by atoms with E-state index in [-0.39, 0.29) is 24.5 Å². The molecule has 0 saturated heterocycles. The van der Waals surface area contributed by atoms with Gasteiger partial charge in [-0.1, -0.05) is 18.2 Å². The fourth-order valence-corrected chi connectivity index (χ4v) is 3.98. The second kappa shape index (κ2) is 10.9. The van der Waals surface area contributed by atoms with Gasteiger partial charge in [0.05, 0.1) is 12.2 Å². The summed E-state index contributed by atoms with van der Waals surface area (Å²) in [4.78, 5) is 28.4. The highest BCUT2D eigenvalue weighted by atomic mass is 16.7. The van der Waals surface area contributed by atoms with Crippen molar-refractivity contribution < 1.29 is 28.9 Å². The summed E-state index contributed by atoms with van der Waals surface area (Å²) >= 11 is 0. The van der Waals surface area contributed by atoms with Gasteiger partial charge in [0.25, 0.3) is 0 Å². The molecular weight excluding hydrogens is 386 g/mol. The van der Waals surface area contributed by atoms with Gasteiger partial charge in [0.1, 0.15) is 12.7 Å². The highest BCUT2D eigenvalue weighted by molar-refractivity contribution is 5.82. The van der Waals surface area contributed by atoms with Gasteiger partial charge in [-0.05, 0) is 57.1 Å². The number of cyclic esters (lactones) is 1. The Morgan fingerprint density at radius 1 is 1.33 bits per heavy atom. The van der Waals surface area contributed by atoms with Gasteiger partial charge in [-0.15, -0.1) is 0 Å². The zero-order valence-electron chi connectivity index (χ0n) is 17.2. The molecule has 3 rings (SSSR count). The zero-order chi connectivity index (χ0) is 21.3. The Kier molecular flexibility index (Phi) is 8.02. The average molecular weight is 415 g/mol. The summed E-state index contributed by atoms with van der Waals surface area (Å²) in [6.45, 7) is 1.91. The Hall–Kier alpha value is -2.67. The number of pyridine rings is 1. The molecule has 1 aromatic rings. The smallest absolute Gasteiger partial charge is 0.460 e. The molecule has 1 aliphatic carbocycles. The molecule has 2 heterocycles. The second-order valence-electron chi connectivity index (χ2n) is 7.90. The number of carbonyl (C=O) groups is 2. The van der Waals surface area contributed by atoms with Gasteiger partial charge >= 0.3 is 12.1 Å². The van der Waals surface area contributed by atoms with Crippen molar-refractivity contribution in [2.45, 2.75) is 63.9 Å². The fourth-order valence-electron chi connectivity index (χ4n) is 3.98. The molecule has 0 aromatic carbocycles. The van der Waals surface area contributed by atoms with Crippen LogP contribution in [0.3, 0.4) is 0 Å². The molecule has 0 spiro atoms. The van der Waals surface area contributed by atoms with Crippen molar-refractivity contribution in [3.05, 3.63) is 54.4 Å². The highest BCUT2D eigenvalue weighted by Crippen LogP contribution is 2.37. The predicted molar refractivity (Wildman–Crippen MR) is 109 cm³/mol. The van der Waals surface area contributed by atoms with Crippen molar-refractivity contribution in [1.82, 2.24) is 4.98 Å². The lowest BCUT2D eigenvalue weighted by molar-refractivity contribution is -0.142. The minimum absolute atomic E-state index is 0.0410. The van der Waals surface area contributed by atoms with E-state index in [2.05, 4.69) is 17.1 Å². The molecule has 162 valence electrons. The Labute approximate surface area is 176 Å². The van der Waals surface area contributed by atoms with E-state index in [9.17, 15) is 14.7 Å². The van der Waals surface area contributed by atoms with E-state index >= 15 is 0 Å². The zero-order valence-corrected chi connectivity index (χ0v) is 17.2. The van der Waals surface area contributed by atoms with Crippen LogP contribution < -0.4 is 0 Å². The summed E-state index contributed by atoms with van der Waals surface area (Å²) in [6, 6.07) is 3.55. The van der Waals surface area contributed by atoms with Crippen LogP contribution >= 0.6 is 0 Å². The number of allylic oxidation sites excluding steroid dienone is 2. The topological polar surface area (TPSA) is 95.0 Å². The van der Waals surface area contributed by atoms with Crippen LogP contribution in [0.5, 0.6) is 0 Å². The molecule has 1 fully saturated rings. The van der Waals surface area contributed by atoms with Gasteiger partial charge in [0.2, 0.25) is 0 Å². The van der Waals surface area contributed by atoms with Gasteiger partial charge in [0, 0.05) is 30.0 Å². The lowest BCUT2D eigenvalue weighted by Crippen LogP contribution is -2.28. The summed E-state index contributed by atoms with van der Waals surface area (Å²) in [5.41, 5.74) is 0.745. The maximum absolute atomic E-state index is 12.3. The minimum atomic E-state index is -0.830. The summed E-state index contributed by atoms with van der Waals surface area (Å²) in [5.74, 6) is -0.568.